The topological polar surface area (TPSA) is 63.7 Å². The first kappa shape index (κ1) is 12.8. The predicted octanol–water partition coefficient (Wildman–Crippen LogP) is 0.0585. The van der Waals surface area contributed by atoms with E-state index in [0.717, 1.165) is 6.42 Å². The minimum Gasteiger partial charge on any atom is -0.381 e. The molecule has 2 fully saturated rings. The van der Waals surface area contributed by atoms with Gasteiger partial charge in [-0.1, -0.05) is 0 Å². The standard InChI is InChI=1S/C11H19NO4S/c1-2-12(10-4-6-17(14,15)8-10)11(13)9-3-5-16-7-9/h9-10H,2-8H2,1H3. The van der Waals surface area contributed by atoms with E-state index in [1.807, 2.05) is 6.92 Å². The van der Waals surface area contributed by atoms with Gasteiger partial charge in [-0.3, -0.25) is 4.79 Å². The maximum atomic E-state index is 12.2. The van der Waals surface area contributed by atoms with Gasteiger partial charge in [0.25, 0.3) is 0 Å². The molecule has 2 aliphatic heterocycles. The fourth-order valence-corrected chi connectivity index (χ4v) is 4.31. The van der Waals surface area contributed by atoms with Crippen LogP contribution in [-0.2, 0) is 19.4 Å². The highest BCUT2D eigenvalue weighted by atomic mass is 32.2. The van der Waals surface area contributed by atoms with Crippen LogP contribution in [0.5, 0.6) is 0 Å². The van der Waals surface area contributed by atoms with Crippen LogP contribution in [-0.4, -0.2) is 56.5 Å². The highest BCUT2D eigenvalue weighted by Gasteiger charge is 2.37. The van der Waals surface area contributed by atoms with Gasteiger partial charge in [0.2, 0.25) is 5.91 Å². The zero-order chi connectivity index (χ0) is 12.5. The monoisotopic (exact) mass is 261 g/mol. The van der Waals surface area contributed by atoms with Crippen molar-refractivity contribution in [3.05, 3.63) is 0 Å². The fraction of sp³-hybridized carbons (Fsp3) is 0.909. The minimum absolute atomic E-state index is 0.0621. The molecule has 1 amide bonds. The van der Waals surface area contributed by atoms with Crippen molar-refractivity contribution in [1.82, 2.24) is 4.90 Å². The number of rotatable bonds is 3. The van der Waals surface area contributed by atoms with E-state index in [4.69, 9.17) is 4.74 Å². The van der Waals surface area contributed by atoms with E-state index in [2.05, 4.69) is 0 Å². The Morgan fingerprint density at radius 1 is 1.41 bits per heavy atom. The smallest absolute Gasteiger partial charge is 0.228 e. The van der Waals surface area contributed by atoms with Gasteiger partial charge in [0.15, 0.2) is 9.84 Å². The average Bonchev–Trinajstić information content (AvgIpc) is 2.88. The normalized spacial score (nSPS) is 31.6. The lowest BCUT2D eigenvalue weighted by molar-refractivity contribution is -0.137. The second kappa shape index (κ2) is 4.94. The number of carbonyl (C=O) groups is 1. The maximum Gasteiger partial charge on any atom is 0.228 e. The van der Waals surface area contributed by atoms with Crippen LogP contribution < -0.4 is 0 Å². The highest BCUT2D eigenvalue weighted by Crippen LogP contribution is 2.22. The van der Waals surface area contributed by atoms with E-state index < -0.39 is 9.84 Å². The molecule has 98 valence electrons. The zero-order valence-corrected chi connectivity index (χ0v) is 10.9. The number of nitrogens with zero attached hydrogens (tertiary/aromatic N) is 1. The van der Waals surface area contributed by atoms with E-state index in [9.17, 15) is 13.2 Å². The molecular formula is C11H19NO4S. The van der Waals surface area contributed by atoms with E-state index >= 15 is 0 Å². The zero-order valence-electron chi connectivity index (χ0n) is 10.1. The first-order chi connectivity index (χ1) is 8.03. The van der Waals surface area contributed by atoms with Crippen LogP contribution in [0.15, 0.2) is 0 Å². The van der Waals surface area contributed by atoms with Gasteiger partial charge < -0.3 is 9.64 Å². The quantitative estimate of drug-likeness (QED) is 0.720. The molecular weight excluding hydrogens is 242 g/mol. The molecule has 2 heterocycles. The van der Waals surface area contributed by atoms with Gasteiger partial charge in [-0.05, 0) is 19.8 Å². The van der Waals surface area contributed by atoms with Crippen LogP contribution in [0.3, 0.4) is 0 Å². The van der Waals surface area contributed by atoms with Crippen LogP contribution in [0.4, 0.5) is 0 Å². The van der Waals surface area contributed by atoms with Crippen LogP contribution in [0.25, 0.3) is 0 Å². The summed E-state index contributed by atoms with van der Waals surface area (Å²) in [5, 5.41) is 0. The number of hydrogen-bond donors (Lipinski definition) is 0. The molecule has 0 aromatic carbocycles. The van der Waals surface area contributed by atoms with Crippen molar-refractivity contribution >= 4 is 15.7 Å². The van der Waals surface area contributed by atoms with Crippen LogP contribution in [0, 0.1) is 5.92 Å². The number of carbonyl (C=O) groups excluding carboxylic acids is 1. The molecule has 2 rings (SSSR count). The molecule has 0 N–H and O–H groups in total. The van der Waals surface area contributed by atoms with Crippen molar-refractivity contribution in [2.24, 2.45) is 5.92 Å². The SMILES string of the molecule is CCN(C(=O)C1CCOC1)C1CCS(=O)(=O)C1. The Labute approximate surface area is 102 Å². The third-order valence-corrected chi connectivity index (χ3v) is 5.30. The Hall–Kier alpha value is -0.620. The second-order valence-electron chi connectivity index (χ2n) is 4.74. The van der Waals surface area contributed by atoms with Gasteiger partial charge >= 0.3 is 0 Å². The summed E-state index contributed by atoms with van der Waals surface area (Å²) in [6.45, 7) is 3.60. The molecule has 17 heavy (non-hydrogen) atoms. The van der Waals surface area contributed by atoms with Crippen molar-refractivity contribution in [3.63, 3.8) is 0 Å². The van der Waals surface area contributed by atoms with Crippen LogP contribution in [0.2, 0.25) is 0 Å². The summed E-state index contributed by atoms with van der Waals surface area (Å²) in [5.74, 6) is 0.327. The van der Waals surface area contributed by atoms with Crippen LogP contribution >= 0.6 is 0 Å². The second-order valence-corrected chi connectivity index (χ2v) is 6.97. The summed E-state index contributed by atoms with van der Waals surface area (Å²) in [4.78, 5) is 14.0. The third-order valence-electron chi connectivity index (χ3n) is 3.55. The van der Waals surface area contributed by atoms with Crippen molar-refractivity contribution in [2.75, 3.05) is 31.3 Å². The van der Waals surface area contributed by atoms with Crippen LogP contribution in [0.1, 0.15) is 19.8 Å². The van der Waals surface area contributed by atoms with Gasteiger partial charge in [0.05, 0.1) is 24.0 Å². The van der Waals surface area contributed by atoms with Crippen molar-refractivity contribution in [3.8, 4) is 0 Å². The Morgan fingerprint density at radius 2 is 2.18 bits per heavy atom. The lowest BCUT2D eigenvalue weighted by atomic mass is 10.1. The maximum absolute atomic E-state index is 12.2. The molecule has 2 saturated heterocycles. The number of amides is 1. The molecule has 5 nitrogen and oxygen atoms in total. The molecule has 0 aromatic heterocycles. The van der Waals surface area contributed by atoms with E-state index in [0.29, 0.717) is 26.2 Å². The van der Waals surface area contributed by atoms with Gasteiger partial charge in [-0.15, -0.1) is 0 Å². The molecule has 0 saturated carbocycles. The summed E-state index contributed by atoms with van der Waals surface area (Å²) in [6, 6.07) is -0.127. The molecule has 0 bridgehead atoms. The summed E-state index contributed by atoms with van der Waals surface area (Å²) in [7, 11) is -2.93. The summed E-state index contributed by atoms with van der Waals surface area (Å²) in [5.41, 5.74) is 0. The van der Waals surface area contributed by atoms with Gasteiger partial charge in [0, 0.05) is 19.2 Å². The molecule has 2 aliphatic rings. The Kier molecular flexibility index (Phi) is 3.73. The van der Waals surface area contributed by atoms with Gasteiger partial charge in [-0.25, -0.2) is 8.42 Å². The summed E-state index contributed by atoms with van der Waals surface area (Å²) >= 11 is 0. The number of sulfone groups is 1. The number of hydrogen-bond acceptors (Lipinski definition) is 4. The van der Waals surface area contributed by atoms with E-state index in [1.54, 1.807) is 4.90 Å². The van der Waals surface area contributed by atoms with E-state index in [-0.39, 0.29) is 29.4 Å². The first-order valence-electron chi connectivity index (χ1n) is 6.12. The molecule has 0 radical (unpaired) electrons. The van der Waals surface area contributed by atoms with Gasteiger partial charge in [0.1, 0.15) is 0 Å². The third kappa shape index (κ3) is 2.80. The first-order valence-corrected chi connectivity index (χ1v) is 7.94. The Morgan fingerprint density at radius 3 is 2.65 bits per heavy atom. The van der Waals surface area contributed by atoms with Crippen molar-refractivity contribution in [1.29, 1.82) is 0 Å². The predicted molar refractivity (Wildman–Crippen MR) is 63.4 cm³/mol. The van der Waals surface area contributed by atoms with Crippen molar-refractivity contribution in [2.45, 2.75) is 25.8 Å². The average molecular weight is 261 g/mol. The minimum atomic E-state index is -2.93. The van der Waals surface area contributed by atoms with Gasteiger partial charge in [-0.2, -0.15) is 0 Å². The molecule has 0 aromatic rings. The lowest BCUT2D eigenvalue weighted by Gasteiger charge is -2.29. The summed E-state index contributed by atoms with van der Waals surface area (Å²) in [6.07, 6.45) is 1.34. The highest BCUT2D eigenvalue weighted by molar-refractivity contribution is 7.91. The molecule has 2 unspecified atom stereocenters. The molecule has 0 aliphatic carbocycles. The Bertz CT molecular complexity index is 386. The largest absolute Gasteiger partial charge is 0.381 e. The molecule has 6 heteroatoms. The summed E-state index contributed by atoms with van der Waals surface area (Å²) < 4.78 is 28.1. The molecule has 2 atom stereocenters. The number of ether oxygens (including phenoxy) is 1. The van der Waals surface area contributed by atoms with E-state index in [1.165, 1.54) is 0 Å². The molecule has 0 spiro atoms. The fourth-order valence-electron chi connectivity index (χ4n) is 2.58. The van der Waals surface area contributed by atoms with Crippen molar-refractivity contribution < 1.29 is 17.9 Å². The lowest BCUT2D eigenvalue weighted by Crippen LogP contribution is -2.44. The Balaban J connectivity index is 2.03.